The normalized spacial score (nSPS) is 32.2. The molecular formula is C15H28N4. The molecule has 0 amide bonds. The number of aryl methyl sites for hydroxylation is 1. The minimum Gasteiger partial charge on any atom is -0.326 e. The van der Waals surface area contributed by atoms with Crippen LogP contribution in [0.1, 0.15) is 45.7 Å². The SMILES string of the molecule is CC1CC(C)C(C)N(C(c2cnn(C)c2)C(C)N)C1. The van der Waals surface area contributed by atoms with Gasteiger partial charge in [0.15, 0.2) is 0 Å². The van der Waals surface area contributed by atoms with Crippen LogP contribution in [0.5, 0.6) is 0 Å². The Balaban J connectivity index is 2.28. The fourth-order valence-corrected chi connectivity index (χ4v) is 3.52. The first kappa shape index (κ1) is 14.5. The molecule has 0 bridgehead atoms. The molecule has 5 atom stereocenters. The van der Waals surface area contributed by atoms with Crippen molar-refractivity contribution in [3.63, 3.8) is 0 Å². The van der Waals surface area contributed by atoms with Gasteiger partial charge in [0.05, 0.1) is 12.2 Å². The Labute approximate surface area is 117 Å². The molecule has 2 N–H and O–H groups in total. The average molecular weight is 264 g/mol. The number of piperidine rings is 1. The van der Waals surface area contributed by atoms with Crippen molar-refractivity contribution >= 4 is 0 Å². The zero-order chi connectivity index (χ0) is 14.2. The summed E-state index contributed by atoms with van der Waals surface area (Å²) < 4.78 is 1.87. The maximum absolute atomic E-state index is 6.28. The Morgan fingerprint density at radius 1 is 1.37 bits per heavy atom. The van der Waals surface area contributed by atoms with E-state index in [-0.39, 0.29) is 12.1 Å². The average Bonchev–Trinajstić information content (AvgIpc) is 2.71. The summed E-state index contributed by atoms with van der Waals surface area (Å²) in [6.07, 6.45) is 5.38. The van der Waals surface area contributed by atoms with Crippen molar-refractivity contribution in [1.29, 1.82) is 0 Å². The molecular weight excluding hydrogens is 236 g/mol. The summed E-state index contributed by atoms with van der Waals surface area (Å²) in [7, 11) is 1.96. The lowest BCUT2D eigenvalue weighted by molar-refractivity contribution is 0.0314. The van der Waals surface area contributed by atoms with Gasteiger partial charge in [0.2, 0.25) is 0 Å². The molecule has 1 aromatic rings. The molecule has 1 saturated heterocycles. The van der Waals surface area contributed by atoms with Crippen LogP contribution >= 0.6 is 0 Å². The van der Waals surface area contributed by atoms with Crippen molar-refractivity contribution in [3.8, 4) is 0 Å². The molecule has 0 aliphatic carbocycles. The minimum atomic E-state index is 0.115. The quantitative estimate of drug-likeness (QED) is 0.910. The number of aromatic nitrogens is 2. The zero-order valence-corrected chi connectivity index (χ0v) is 12.9. The van der Waals surface area contributed by atoms with Gasteiger partial charge in [-0.25, -0.2) is 0 Å². The van der Waals surface area contributed by atoms with Crippen molar-refractivity contribution in [2.45, 2.75) is 52.2 Å². The predicted molar refractivity (Wildman–Crippen MR) is 78.7 cm³/mol. The van der Waals surface area contributed by atoms with E-state index in [1.54, 1.807) is 0 Å². The van der Waals surface area contributed by atoms with Gasteiger partial charge < -0.3 is 5.73 Å². The number of hydrogen-bond acceptors (Lipinski definition) is 3. The molecule has 19 heavy (non-hydrogen) atoms. The zero-order valence-electron chi connectivity index (χ0n) is 12.9. The summed E-state index contributed by atoms with van der Waals surface area (Å²) in [5.41, 5.74) is 7.52. The Bertz CT molecular complexity index is 412. The van der Waals surface area contributed by atoms with Crippen molar-refractivity contribution in [1.82, 2.24) is 14.7 Å². The topological polar surface area (TPSA) is 47.1 Å². The van der Waals surface area contributed by atoms with E-state index in [0.29, 0.717) is 6.04 Å². The number of hydrogen-bond donors (Lipinski definition) is 1. The second-order valence-corrected chi connectivity index (χ2v) is 6.51. The number of rotatable bonds is 3. The molecule has 0 radical (unpaired) electrons. The van der Waals surface area contributed by atoms with Crippen LogP contribution in [0.2, 0.25) is 0 Å². The third-order valence-corrected chi connectivity index (χ3v) is 4.56. The molecule has 5 unspecified atom stereocenters. The van der Waals surface area contributed by atoms with Crippen molar-refractivity contribution < 1.29 is 0 Å². The van der Waals surface area contributed by atoms with Gasteiger partial charge in [-0.1, -0.05) is 13.8 Å². The van der Waals surface area contributed by atoms with Gasteiger partial charge in [0, 0.05) is 37.4 Å². The number of nitrogens with zero attached hydrogens (tertiary/aromatic N) is 3. The highest BCUT2D eigenvalue weighted by atomic mass is 15.3. The summed E-state index contributed by atoms with van der Waals surface area (Å²) >= 11 is 0. The fraction of sp³-hybridized carbons (Fsp3) is 0.800. The molecule has 0 aromatic carbocycles. The number of likely N-dealkylation sites (tertiary alicyclic amines) is 1. The molecule has 4 heteroatoms. The monoisotopic (exact) mass is 264 g/mol. The highest BCUT2D eigenvalue weighted by Crippen LogP contribution is 2.34. The number of nitrogens with two attached hydrogens (primary N) is 1. The fourth-order valence-electron chi connectivity index (χ4n) is 3.52. The van der Waals surface area contributed by atoms with E-state index in [4.69, 9.17) is 5.73 Å². The van der Waals surface area contributed by atoms with Gasteiger partial charge in [-0.15, -0.1) is 0 Å². The van der Waals surface area contributed by atoms with E-state index < -0.39 is 0 Å². The van der Waals surface area contributed by atoms with E-state index >= 15 is 0 Å². The van der Waals surface area contributed by atoms with Gasteiger partial charge >= 0.3 is 0 Å². The molecule has 2 heterocycles. The van der Waals surface area contributed by atoms with E-state index in [2.05, 4.69) is 43.9 Å². The van der Waals surface area contributed by atoms with Crippen molar-refractivity contribution in [2.75, 3.05) is 6.54 Å². The minimum absolute atomic E-state index is 0.115. The van der Waals surface area contributed by atoms with Crippen LogP contribution in [0, 0.1) is 11.8 Å². The van der Waals surface area contributed by atoms with Gasteiger partial charge in [-0.3, -0.25) is 9.58 Å². The Hall–Kier alpha value is -0.870. The summed E-state index contributed by atoms with van der Waals surface area (Å²) in [5.74, 6) is 1.46. The van der Waals surface area contributed by atoms with E-state index in [1.165, 1.54) is 12.0 Å². The van der Waals surface area contributed by atoms with Crippen molar-refractivity contribution in [3.05, 3.63) is 18.0 Å². The summed E-state index contributed by atoms with van der Waals surface area (Å²) in [6, 6.07) is 0.963. The van der Waals surface area contributed by atoms with Gasteiger partial charge in [0.1, 0.15) is 0 Å². The Morgan fingerprint density at radius 3 is 2.58 bits per heavy atom. The van der Waals surface area contributed by atoms with E-state index in [1.807, 2.05) is 17.9 Å². The molecule has 1 aliphatic rings. The molecule has 0 spiro atoms. The summed E-state index contributed by atoms with van der Waals surface area (Å²) in [6.45, 7) is 10.3. The van der Waals surface area contributed by atoms with Crippen LogP contribution in [-0.4, -0.2) is 33.3 Å². The lowest BCUT2D eigenvalue weighted by atomic mass is 9.83. The van der Waals surface area contributed by atoms with Crippen molar-refractivity contribution in [2.24, 2.45) is 24.6 Å². The molecule has 2 rings (SSSR count). The highest BCUT2D eigenvalue weighted by Gasteiger charge is 2.35. The summed E-state index contributed by atoms with van der Waals surface area (Å²) in [4.78, 5) is 2.58. The maximum Gasteiger partial charge on any atom is 0.0538 e. The Morgan fingerprint density at radius 2 is 2.05 bits per heavy atom. The molecule has 1 aromatic heterocycles. The van der Waals surface area contributed by atoms with Gasteiger partial charge in [-0.2, -0.15) is 5.10 Å². The largest absolute Gasteiger partial charge is 0.326 e. The first-order chi connectivity index (χ1) is 8.90. The third kappa shape index (κ3) is 3.00. The molecule has 1 fully saturated rings. The van der Waals surface area contributed by atoms with E-state index in [0.717, 1.165) is 18.4 Å². The summed E-state index contributed by atoms with van der Waals surface area (Å²) in [5, 5.41) is 4.31. The Kier molecular flexibility index (Phi) is 4.31. The lowest BCUT2D eigenvalue weighted by Crippen LogP contribution is -2.51. The smallest absolute Gasteiger partial charge is 0.0538 e. The lowest BCUT2D eigenvalue weighted by Gasteiger charge is -2.46. The second kappa shape index (κ2) is 5.63. The molecule has 1 aliphatic heterocycles. The highest BCUT2D eigenvalue weighted by molar-refractivity contribution is 5.14. The molecule has 108 valence electrons. The van der Waals surface area contributed by atoms with E-state index in [9.17, 15) is 0 Å². The second-order valence-electron chi connectivity index (χ2n) is 6.51. The van der Waals surface area contributed by atoms with Gasteiger partial charge in [-0.05, 0) is 32.1 Å². The molecule has 0 saturated carbocycles. The first-order valence-electron chi connectivity index (χ1n) is 7.40. The molecule has 4 nitrogen and oxygen atoms in total. The standard InChI is InChI=1S/C15H28N4/c1-10-6-11(2)13(4)19(8-10)15(12(3)16)14-7-17-18(5)9-14/h7,9-13,15H,6,8,16H2,1-5H3. The third-order valence-electron chi connectivity index (χ3n) is 4.56. The van der Waals surface area contributed by atoms with Crippen LogP contribution in [0.15, 0.2) is 12.4 Å². The van der Waals surface area contributed by atoms with Crippen LogP contribution in [-0.2, 0) is 7.05 Å². The van der Waals surface area contributed by atoms with Crippen LogP contribution < -0.4 is 5.73 Å². The predicted octanol–water partition coefficient (Wildman–Crippen LogP) is 2.17. The van der Waals surface area contributed by atoms with Gasteiger partial charge in [0.25, 0.3) is 0 Å². The van der Waals surface area contributed by atoms with Crippen LogP contribution in [0.4, 0.5) is 0 Å². The maximum atomic E-state index is 6.28. The first-order valence-corrected chi connectivity index (χ1v) is 7.40. The van der Waals surface area contributed by atoms with Crippen LogP contribution in [0.25, 0.3) is 0 Å². The van der Waals surface area contributed by atoms with Crippen LogP contribution in [0.3, 0.4) is 0 Å².